The van der Waals surface area contributed by atoms with Gasteiger partial charge in [0.25, 0.3) is 0 Å². The van der Waals surface area contributed by atoms with Crippen LogP contribution >= 0.6 is 0 Å². The van der Waals surface area contributed by atoms with E-state index in [-0.39, 0.29) is 0 Å². The summed E-state index contributed by atoms with van der Waals surface area (Å²) in [5, 5.41) is 15.9. The predicted octanol–water partition coefficient (Wildman–Crippen LogP) is -0.279. The molecular weight excluding hydrogens is 204 g/mol. The number of hydrogen-bond donors (Lipinski definition) is 2. The minimum atomic E-state index is -0.609. The van der Waals surface area contributed by atoms with Gasteiger partial charge < -0.3 is 19.7 Å². The zero-order chi connectivity index (χ0) is 12.3. The summed E-state index contributed by atoms with van der Waals surface area (Å²) in [7, 11) is 0. The SMILES string of the molecule is C=C(C)C(=O)OCO.C=CC(=O)OCO. The zero-order valence-electron chi connectivity index (χ0n) is 8.43. The number of esters is 2. The Morgan fingerprint density at radius 2 is 1.73 bits per heavy atom. The number of carbonyl (C=O) groups excluding carboxylic acids is 2. The highest BCUT2D eigenvalue weighted by atomic mass is 16.6. The van der Waals surface area contributed by atoms with Crippen LogP contribution in [-0.4, -0.2) is 35.7 Å². The van der Waals surface area contributed by atoms with Gasteiger partial charge in [-0.2, -0.15) is 0 Å². The summed E-state index contributed by atoms with van der Waals surface area (Å²) < 4.78 is 8.11. The zero-order valence-corrected chi connectivity index (χ0v) is 8.43. The standard InChI is InChI=1S/C5H8O3.C4H6O3/c1-4(2)5(7)8-3-6;1-2-4(6)7-3-5/h6H,1,3H2,2H3;2,5H,1,3H2. The van der Waals surface area contributed by atoms with Crippen LogP contribution in [-0.2, 0) is 19.1 Å². The fourth-order valence-corrected chi connectivity index (χ4v) is 0.304. The normalized spacial score (nSPS) is 7.93. The monoisotopic (exact) mass is 218 g/mol. The van der Waals surface area contributed by atoms with E-state index >= 15 is 0 Å². The van der Waals surface area contributed by atoms with Crippen molar-refractivity contribution in [3.63, 3.8) is 0 Å². The highest BCUT2D eigenvalue weighted by Gasteiger charge is 1.98. The van der Waals surface area contributed by atoms with Gasteiger partial charge in [-0.1, -0.05) is 13.2 Å². The molecule has 2 N–H and O–H groups in total. The maximum absolute atomic E-state index is 10.3. The van der Waals surface area contributed by atoms with Crippen molar-refractivity contribution in [3.8, 4) is 0 Å². The van der Waals surface area contributed by atoms with Crippen LogP contribution < -0.4 is 0 Å². The molecule has 15 heavy (non-hydrogen) atoms. The Labute approximate surface area is 87.4 Å². The fraction of sp³-hybridized carbons (Fsp3) is 0.333. The summed E-state index contributed by atoms with van der Waals surface area (Å²) in [6, 6.07) is 0. The Bertz CT molecular complexity index is 233. The number of ether oxygens (including phenoxy) is 2. The van der Waals surface area contributed by atoms with Crippen LogP contribution in [0.2, 0.25) is 0 Å². The second kappa shape index (κ2) is 10.4. The number of aliphatic hydroxyl groups is 2. The van der Waals surface area contributed by atoms with Crippen LogP contribution in [0.3, 0.4) is 0 Å². The molecule has 0 aliphatic carbocycles. The molecule has 6 nitrogen and oxygen atoms in total. The first-order valence-corrected chi connectivity index (χ1v) is 3.83. The molecule has 0 spiro atoms. The molecule has 6 heteroatoms. The van der Waals surface area contributed by atoms with E-state index in [0.717, 1.165) is 6.08 Å². The Hall–Kier alpha value is -1.66. The quantitative estimate of drug-likeness (QED) is 0.383. The molecule has 0 aromatic rings. The van der Waals surface area contributed by atoms with Crippen molar-refractivity contribution in [1.29, 1.82) is 0 Å². The van der Waals surface area contributed by atoms with Gasteiger partial charge in [0.05, 0.1) is 0 Å². The highest BCUT2D eigenvalue weighted by molar-refractivity contribution is 5.86. The molecule has 0 bridgehead atoms. The number of aliphatic hydroxyl groups excluding tert-OH is 2. The van der Waals surface area contributed by atoms with E-state index < -0.39 is 25.5 Å². The average molecular weight is 218 g/mol. The Morgan fingerprint density at radius 1 is 1.27 bits per heavy atom. The highest BCUT2D eigenvalue weighted by Crippen LogP contribution is 1.88. The lowest BCUT2D eigenvalue weighted by Gasteiger charge is -1.95. The van der Waals surface area contributed by atoms with Gasteiger partial charge in [-0.25, -0.2) is 9.59 Å². The lowest BCUT2D eigenvalue weighted by Crippen LogP contribution is -2.04. The van der Waals surface area contributed by atoms with Crippen LogP contribution in [0, 0.1) is 0 Å². The van der Waals surface area contributed by atoms with Crippen LogP contribution in [0.4, 0.5) is 0 Å². The van der Waals surface area contributed by atoms with Crippen LogP contribution in [0.5, 0.6) is 0 Å². The maximum atomic E-state index is 10.3. The second-order valence-electron chi connectivity index (χ2n) is 2.14. The van der Waals surface area contributed by atoms with E-state index in [1.165, 1.54) is 6.92 Å². The number of carbonyl (C=O) groups is 2. The summed E-state index contributed by atoms with van der Waals surface area (Å²) >= 11 is 0. The number of rotatable bonds is 4. The van der Waals surface area contributed by atoms with Crippen molar-refractivity contribution in [2.75, 3.05) is 13.6 Å². The van der Waals surface area contributed by atoms with Gasteiger partial charge in [-0.3, -0.25) is 0 Å². The Morgan fingerprint density at radius 3 is 1.87 bits per heavy atom. The van der Waals surface area contributed by atoms with Gasteiger partial charge in [0.1, 0.15) is 0 Å². The second-order valence-corrected chi connectivity index (χ2v) is 2.14. The molecule has 0 heterocycles. The third kappa shape index (κ3) is 12.3. The lowest BCUT2D eigenvalue weighted by molar-refractivity contribution is -0.147. The van der Waals surface area contributed by atoms with E-state index in [1.807, 2.05) is 0 Å². The molecule has 0 fully saturated rings. The van der Waals surface area contributed by atoms with Gasteiger partial charge in [0.15, 0.2) is 13.6 Å². The molecule has 86 valence electrons. The lowest BCUT2D eigenvalue weighted by atomic mass is 10.4. The van der Waals surface area contributed by atoms with Crippen molar-refractivity contribution in [1.82, 2.24) is 0 Å². The topological polar surface area (TPSA) is 93.1 Å². The van der Waals surface area contributed by atoms with Crippen molar-refractivity contribution >= 4 is 11.9 Å². The minimum Gasteiger partial charge on any atom is -0.436 e. The molecule has 0 aliphatic heterocycles. The Balaban J connectivity index is 0. The van der Waals surface area contributed by atoms with Gasteiger partial charge in [0.2, 0.25) is 0 Å². The average Bonchev–Trinajstić information content (AvgIpc) is 2.19. The molecule has 0 rings (SSSR count). The van der Waals surface area contributed by atoms with Crippen molar-refractivity contribution in [3.05, 3.63) is 24.8 Å². The smallest absolute Gasteiger partial charge is 0.335 e. The molecule has 0 aromatic heterocycles. The molecule has 0 aliphatic rings. The molecule has 0 atom stereocenters. The van der Waals surface area contributed by atoms with E-state index in [9.17, 15) is 9.59 Å². The first-order valence-electron chi connectivity index (χ1n) is 3.83. The molecule has 0 unspecified atom stereocenters. The third-order valence-electron chi connectivity index (χ3n) is 0.918. The molecule has 0 saturated carbocycles. The van der Waals surface area contributed by atoms with Crippen LogP contribution in [0.1, 0.15) is 6.92 Å². The van der Waals surface area contributed by atoms with Gasteiger partial charge in [0, 0.05) is 11.6 Å². The molecule has 0 amide bonds. The summed E-state index contributed by atoms with van der Waals surface area (Å²) in [6.45, 7) is 6.74. The molecular formula is C9H14O6. The van der Waals surface area contributed by atoms with E-state index in [4.69, 9.17) is 10.2 Å². The van der Waals surface area contributed by atoms with E-state index in [1.54, 1.807) is 0 Å². The van der Waals surface area contributed by atoms with Crippen LogP contribution in [0.25, 0.3) is 0 Å². The van der Waals surface area contributed by atoms with E-state index in [0.29, 0.717) is 5.57 Å². The molecule has 0 saturated heterocycles. The van der Waals surface area contributed by atoms with Gasteiger partial charge in [-0.15, -0.1) is 0 Å². The van der Waals surface area contributed by atoms with Crippen LogP contribution in [0.15, 0.2) is 24.8 Å². The largest absolute Gasteiger partial charge is 0.436 e. The van der Waals surface area contributed by atoms with E-state index in [2.05, 4.69) is 22.6 Å². The summed E-state index contributed by atoms with van der Waals surface area (Å²) in [5.74, 6) is -1.17. The first-order chi connectivity index (χ1) is 6.99. The Kier molecular flexibility index (Phi) is 11.0. The van der Waals surface area contributed by atoms with Crippen molar-refractivity contribution in [2.45, 2.75) is 6.92 Å². The van der Waals surface area contributed by atoms with Gasteiger partial charge in [-0.05, 0) is 6.92 Å². The van der Waals surface area contributed by atoms with Gasteiger partial charge >= 0.3 is 11.9 Å². The minimum absolute atomic E-state index is 0.291. The molecule has 0 radical (unpaired) electrons. The summed E-state index contributed by atoms with van der Waals surface area (Å²) in [5.41, 5.74) is 0.291. The van der Waals surface area contributed by atoms with Crippen molar-refractivity contribution < 1.29 is 29.3 Å². The summed E-state index contributed by atoms with van der Waals surface area (Å²) in [4.78, 5) is 20.2. The number of hydrogen-bond acceptors (Lipinski definition) is 6. The summed E-state index contributed by atoms with van der Waals surface area (Å²) in [6.07, 6.45) is 0.982. The first kappa shape index (κ1) is 15.8. The molecule has 0 aromatic carbocycles. The fourth-order valence-electron chi connectivity index (χ4n) is 0.304. The van der Waals surface area contributed by atoms with Crippen molar-refractivity contribution in [2.24, 2.45) is 0 Å². The predicted molar refractivity (Wildman–Crippen MR) is 51.4 cm³/mol. The maximum Gasteiger partial charge on any atom is 0.335 e. The third-order valence-corrected chi connectivity index (χ3v) is 0.918.